The molecule has 0 radical (unpaired) electrons. The van der Waals surface area contributed by atoms with Gasteiger partial charge in [-0.1, -0.05) is 36.4 Å². The molecule has 1 aliphatic heterocycles. The van der Waals surface area contributed by atoms with E-state index in [1.165, 1.54) is 4.90 Å². The molecule has 3 aromatic rings. The Morgan fingerprint density at radius 2 is 1.83 bits per heavy atom. The number of aromatic nitrogens is 1. The first kappa shape index (κ1) is 19.6. The summed E-state index contributed by atoms with van der Waals surface area (Å²) in [4.78, 5) is 45.5. The van der Waals surface area contributed by atoms with E-state index in [0.717, 1.165) is 10.9 Å². The van der Waals surface area contributed by atoms with Gasteiger partial charge in [-0.25, -0.2) is 4.98 Å². The number of likely N-dealkylation sites (N-methyl/N-ethyl adjacent to an activating group) is 1. The van der Waals surface area contributed by atoms with Crippen molar-refractivity contribution >= 4 is 40.0 Å². The van der Waals surface area contributed by atoms with Gasteiger partial charge < -0.3 is 15.1 Å². The Balaban J connectivity index is 1.56. The van der Waals surface area contributed by atoms with Gasteiger partial charge in [0.2, 0.25) is 11.8 Å². The monoisotopic (exact) mass is 402 g/mol. The second-order valence-electron chi connectivity index (χ2n) is 7.43. The third kappa shape index (κ3) is 3.74. The molecule has 0 fully saturated rings. The van der Waals surface area contributed by atoms with Crippen LogP contribution in [0.3, 0.4) is 0 Å². The van der Waals surface area contributed by atoms with Crippen molar-refractivity contribution in [3.63, 3.8) is 0 Å². The van der Waals surface area contributed by atoms with E-state index in [2.05, 4.69) is 10.3 Å². The molecule has 4 rings (SSSR count). The van der Waals surface area contributed by atoms with Crippen LogP contribution < -0.4 is 10.2 Å². The van der Waals surface area contributed by atoms with Crippen LogP contribution in [0.4, 0.5) is 11.4 Å². The summed E-state index contributed by atoms with van der Waals surface area (Å²) < 4.78 is 0. The quantitative estimate of drug-likeness (QED) is 0.730. The van der Waals surface area contributed by atoms with Crippen LogP contribution in [0.5, 0.6) is 0 Å². The zero-order valence-electron chi connectivity index (χ0n) is 16.8. The molecular weight excluding hydrogens is 380 g/mol. The van der Waals surface area contributed by atoms with Gasteiger partial charge in [0.25, 0.3) is 5.91 Å². The molecule has 7 nitrogen and oxygen atoms in total. The van der Waals surface area contributed by atoms with Gasteiger partial charge in [0.05, 0.1) is 16.9 Å². The van der Waals surface area contributed by atoms with Gasteiger partial charge in [-0.05, 0) is 31.2 Å². The first-order valence-electron chi connectivity index (χ1n) is 9.76. The molecule has 0 saturated carbocycles. The lowest BCUT2D eigenvalue weighted by Gasteiger charge is -2.29. The molecule has 152 valence electrons. The highest BCUT2D eigenvalue weighted by atomic mass is 16.2. The Hall–Kier alpha value is -3.74. The zero-order valence-corrected chi connectivity index (χ0v) is 16.8. The molecular formula is C23H22N4O3. The van der Waals surface area contributed by atoms with Crippen molar-refractivity contribution in [1.82, 2.24) is 9.88 Å². The molecule has 1 atom stereocenters. The topological polar surface area (TPSA) is 82.6 Å². The molecule has 0 unspecified atom stereocenters. The van der Waals surface area contributed by atoms with Crippen molar-refractivity contribution < 1.29 is 14.4 Å². The number of rotatable bonds is 3. The molecule has 1 aliphatic rings. The van der Waals surface area contributed by atoms with Crippen molar-refractivity contribution in [1.29, 1.82) is 0 Å². The molecule has 0 saturated heterocycles. The second-order valence-corrected chi connectivity index (χ2v) is 7.43. The van der Waals surface area contributed by atoms with Crippen molar-refractivity contribution in [3.8, 4) is 0 Å². The van der Waals surface area contributed by atoms with Gasteiger partial charge in [-0.3, -0.25) is 14.4 Å². The van der Waals surface area contributed by atoms with Gasteiger partial charge in [0, 0.05) is 24.9 Å². The van der Waals surface area contributed by atoms with E-state index in [1.54, 1.807) is 36.2 Å². The maximum atomic E-state index is 13.2. The van der Waals surface area contributed by atoms with Gasteiger partial charge in [-0.15, -0.1) is 0 Å². The predicted molar refractivity (Wildman–Crippen MR) is 115 cm³/mol. The third-order valence-corrected chi connectivity index (χ3v) is 5.16. The highest BCUT2D eigenvalue weighted by molar-refractivity contribution is 6.06. The molecule has 30 heavy (non-hydrogen) atoms. The van der Waals surface area contributed by atoms with Gasteiger partial charge in [-0.2, -0.15) is 0 Å². The summed E-state index contributed by atoms with van der Waals surface area (Å²) in [6.07, 6.45) is 0.185. The van der Waals surface area contributed by atoms with Crippen molar-refractivity contribution in [2.75, 3.05) is 23.8 Å². The number of nitrogens with one attached hydrogen (secondary N) is 1. The van der Waals surface area contributed by atoms with E-state index in [4.69, 9.17) is 0 Å². The molecule has 0 bridgehead atoms. The summed E-state index contributed by atoms with van der Waals surface area (Å²) in [6, 6.07) is 17.9. The van der Waals surface area contributed by atoms with Crippen LogP contribution in [0.1, 0.15) is 23.8 Å². The van der Waals surface area contributed by atoms with Crippen LogP contribution in [0.25, 0.3) is 10.9 Å². The number of hydrogen-bond acceptors (Lipinski definition) is 4. The highest BCUT2D eigenvalue weighted by Gasteiger charge is 2.30. The molecule has 3 amide bonds. The lowest BCUT2D eigenvalue weighted by Crippen LogP contribution is -2.45. The van der Waals surface area contributed by atoms with Crippen LogP contribution in [0.15, 0.2) is 60.7 Å². The SMILES string of the molecule is C[C@H]1CC(=O)Nc2ccccc2N1C(=O)CN(C)C(=O)c1ccc2ccccc2n1. The van der Waals surface area contributed by atoms with Gasteiger partial charge >= 0.3 is 0 Å². The first-order valence-corrected chi connectivity index (χ1v) is 9.76. The van der Waals surface area contributed by atoms with E-state index in [1.807, 2.05) is 43.3 Å². The number of amides is 3. The van der Waals surface area contributed by atoms with E-state index < -0.39 is 0 Å². The van der Waals surface area contributed by atoms with E-state index in [-0.39, 0.29) is 42.4 Å². The number of carbonyl (C=O) groups is 3. The smallest absolute Gasteiger partial charge is 0.272 e. The van der Waals surface area contributed by atoms with Gasteiger partial charge in [0.1, 0.15) is 12.2 Å². The molecule has 1 N–H and O–H groups in total. The Kier molecular flexibility index (Phi) is 5.18. The number of benzene rings is 2. The minimum Gasteiger partial charge on any atom is -0.331 e. The highest BCUT2D eigenvalue weighted by Crippen LogP contribution is 2.31. The van der Waals surface area contributed by atoms with E-state index in [0.29, 0.717) is 11.4 Å². The predicted octanol–water partition coefficient (Wildman–Crippen LogP) is 3.07. The molecule has 2 heterocycles. The number of para-hydroxylation sites is 3. The van der Waals surface area contributed by atoms with Crippen LogP contribution in [-0.2, 0) is 9.59 Å². The molecule has 1 aromatic heterocycles. The maximum absolute atomic E-state index is 13.2. The molecule has 0 aliphatic carbocycles. The van der Waals surface area contributed by atoms with Crippen LogP contribution in [-0.4, -0.2) is 47.2 Å². The fourth-order valence-electron chi connectivity index (χ4n) is 3.70. The fourth-order valence-corrected chi connectivity index (χ4v) is 3.70. The largest absolute Gasteiger partial charge is 0.331 e. The average molecular weight is 402 g/mol. The summed E-state index contributed by atoms with van der Waals surface area (Å²) in [6.45, 7) is 1.70. The van der Waals surface area contributed by atoms with E-state index >= 15 is 0 Å². The summed E-state index contributed by atoms with van der Waals surface area (Å²) in [5, 5.41) is 3.78. The lowest BCUT2D eigenvalue weighted by atomic mass is 10.1. The number of pyridine rings is 1. The Morgan fingerprint density at radius 3 is 2.67 bits per heavy atom. The lowest BCUT2D eigenvalue weighted by molar-refractivity contribution is -0.119. The Morgan fingerprint density at radius 1 is 1.10 bits per heavy atom. The van der Waals surface area contributed by atoms with Crippen molar-refractivity contribution in [2.45, 2.75) is 19.4 Å². The van der Waals surface area contributed by atoms with Crippen LogP contribution >= 0.6 is 0 Å². The minimum atomic E-state index is -0.334. The summed E-state index contributed by atoms with van der Waals surface area (Å²) in [7, 11) is 1.58. The molecule has 0 spiro atoms. The first-order chi connectivity index (χ1) is 14.4. The number of anilines is 2. The summed E-state index contributed by atoms with van der Waals surface area (Å²) >= 11 is 0. The molecule has 2 aromatic carbocycles. The summed E-state index contributed by atoms with van der Waals surface area (Å²) in [5.74, 6) is -0.739. The number of nitrogens with zero attached hydrogens (tertiary/aromatic N) is 3. The minimum absolute atomic E-state index is 0.125. The van der Waals surface area contributed by atoms with Crippen molar-refractivity contribution in [2.24, 2.45) is 0 Å². The zero-order chi connectivity index (χ0) is 21.3. The average Bonchev–Trinajstić information content (AvgIpc) is 2.86. The van der Waals surface area contributed by atoms with E-state index in [9.17, 15) is 14.4 Å². The molecule has 7 heteroatoms. The standard InChI is InChI=1S/C23H22N4O3/c1-15-13-21(28)25-18-9-5-6-10-20(18)27(15)22(29)14-26(2)23(30)19-12-11-16-7-3-4-8-17(16)24-19/h3-12,15H,13-14H2,1-2H3,(H,25,28)/t15-/m0/s1. The number of carbonyl (C=O) groups excluding carboxylic acids is 3. The Bertz CT molecular complexity index is 1140. The normalized spacial score (nSPS) is 15.9. The fraction of sp³-hybridized carbons (Fsp3) is 0.217. The maximum Gasteiger partial charge on any atom is 0.272 e. The van der Waals surface area contributed by atoms with Crippen LogP contribution in [0.2, 0.25) is 0 Å². The van der Waals surface area contributed by atoms with Crippen molar-refractivity contribution in [3.05, 3.63) is 66.4 Å². The van der Waals surface area contributed by atoms with Crippen LogP contribution in [0, 0.1) is 0 Å². The second kappa shape index (κ2) is 7.94. The Labute approximate surface area is 174 Å². The number of fused-ring (bicyclic) bond motifs is 2. The number of hydrogen-bond donors (Lipinski definition) is 1. The summed E-state index contributed by atoms with van der Waals surface area (Å²) in [5.41, 5.74) is 2.23. The third-order valence-electron chi connectivity index (χ3n) is 5.16. The van der Waals surface area contributed by atoms with Gasteiger partial charge in [0.15, 0.2) is 0 Å².